The molecule has 96 valence electrons. The lowest BCUT2D eigenvalue weighted by Gasteiger charge is -2.21. The van der Waals surface area contributed by atoms with E-state index in [0.717, 1.165) is 5.56 Å². The normalized spacial score (nSPS) is 11.4. The van der Waals surface area contributed by atoms with Crippen LogP contribution in [0.25, 0.3) is 0 Å². The average molecular weight is 266 g/mol. The number of hydrogen-bond acceptors (Lipinski definition) is 4. The number of sulfonamides is 1. The van der Waals surface area contributed by atoms with E-state index in [2.05, 4.69) is 15.2 Å². The number of aromatic nitrogens is 3. The standard InChI is InChI=1S/C11H14N4O2S/c1-9-4-3-5-10(6-9)15(18(2,16)17)7-11-12-8-13-14-11/h3-6,8H,7H2,1-2H3,(H,12,13,14). The van der Waals surface area contributed by atoms with Gasteiger partial charge in [0, 0.05) is 0 Å². The summed E-state index contributed by atoms with van der Waals surface area (Å²) in [6.45, 7) is 2.06. The summed E-state index contributed by atoms with van der Waals surface area (Å²) in [5.41, 5.74) is 1.62. The number of benzene rings is 1. The largest absolute Gasteiger partial charge is 0.263 e. The number of nitrogens with one attached hydrogen (secondary N) is 1. The van der Waals surface area contributed by atoms with Crippen LogP contribution < -0.4 is 4.31 Å². The Kier molecular flexibility index (Phi) is 3.33. The fraction of sp³-hybridized carbons (Fsp3) is 0.273. The van der Waals surface area contributed by atoms with Crippen LogP contribution in [0.15, 0.2) is 30.6 Å². The van der Waals surface area contributed by atoms with Crippen LogP contribution in [0.2, 0.25) is 0 Å². The van der Waals surface area contributed by atoms with Gasteiger partial charge in [-0.15, -0.1) is 0 Å². The van der Waals surface area contributed by atoms with E-state index in [0.29, 0.717) is 11.5 Å². The second-order valence-electron chi connectivity index (χ2n) is 4.04. The van der Waals surface area contributed by atoms with Crippen molar-refractivity contribution in [1.29, 1.82) is 0 Å². The third kappa shape index (κ3) is 2.86. The maximum absolute atomic E-state index is 11.8. The molecule has 0 atom stereocenters. The smallest absolute Gasteiger partial charge is 0.232 e. The Hall–Kier alpha value is -1.89. The molecule has 0 aliphatic heterocycles. The van der Waals surface area contributed by atoms with Crippen molar-refractivity contribution in [1.82, 2.24) is 15.2 Å². The van der Waals surface area contributed by atoms with E-state index in [4.69, 9.17) is 0 Å². The van der Waals surface area contributed by atoms with Crippen molar-refractivity contribution in [3.63, 3.8) is 0 Å². The second kappa shape index (κ2) is 4.77. The minimum absolute atomic E-state index is 0.141. The van der Waals surface area contributed by atoms with Crippen LogP contribution in [0.3, 0.4) is 0 Å². The molecule has 0 bridgehead atoms. The number of aryl methyl sites for hydroxylation is 1. The van der Waals surface area contributed by atoms with E-state index >= 15 is 0 Å². The molecule has 1 aromatic carbocycles. The maximum atomic E-state index is 11.8. The molecule has 0 aliphatic carbocycles. The zero-order valence-electron chi connectivity index (χ0n) is 10.2. The highest BCUT2D eigenvalue weighted by atomic mass is 32.2. The van der Waals surface area contributed by atoms with E-state index in [-0.39, 0.29) is 6.54 Å². The first-order valence-corrected chi connectivity index (χ1v) is 7.20. The Morgan fingerprint density at radius 1 is 1.39 bits per heavy atom. The minimum atomic E-state index is -3.37. The zero-order chi connectivity index (χ0) is 13.2. The summed E-state index contributed by atoms with van der Waals surface area (Å²) in [7, 11) is -3.37. The van der Waals surface area contributed by atoms with Gasteiger partial charge in [0.25, 0.3) is 0 Å². The predicted octanol–water partition coefficient (Wildman–Crippen LogP) is 1.08. The van der Waals surface area contributed by atoms with Crippen LogP contribution in [0.1, 0.15) is 11.4 Å². The van der Waals surface area contributed by atoms with E-state index in [1.54, 1.807) is 6.07 Å². The number of nitrogens with zero attached hydrogens (tertiary/aromatic N) is 3. The van der Waals surface area contributed by atoms with Crippen LogP contribution >= 0.6 is 0 Å². The van der Waals surface area contributed by atoms with Crippen LogP contribution in [-0.2, 0) is 16.6 Å². The van der Waals surface area contributed by atoms with E-state index in [9.17, 15) is 8.42 Å². The first kappa shape index (κ1) is 12.6. The van der Waals surface area contributed by atoms with Gasteiger partial charge < -0.3 is 0 Å². The summed E-state index contributed by atoms with van der Waals surface area (Å²) in [6, 6.07) is 7.31. The molecule has 0 saturated heterocycles. The third-order valence-corrected chi connectivity index (χ3v) is 3.59. The summed E-state index contributed by atoms with van der Waals surface area (Å²) < 4.78 is 25.0. The minimum Gasteiger partial charge on any atom is -0.263 e. The van der Waals surface area contributed by atoms with Crippen molar-refractivity contribution >= 4 is 15.7 Å². The summed E-state index contributed by atoms with van der Waals surface area (Å²) in [5, 5.41) is 6.37. The van der Waals surface area contributed by atoms with Crippen LogP contribution in [-0.4, -0.2) is 29.9 Å². The topological polar surface area (TPSA) is 79.0 Å². The lowest BCUT2D eigenvalue weighted by molar-refractivity contribution is 0.595. The molecule has 0 aliphatic rings. The molecule has 6 nitrogen and oxygen atoms in total. The molecular formula is C11H14N4O2S. The summed E-state index contributed by atoms with van der Waals surface area (Å²) >= 11 is 0. The molecular weight excluding hydrogens is 252 g/mol. The average Bonchev–Trinajstić information content (AvgIpc) is 2.77. The Labute approximate surface area is 106 Å². The van der Waals surface area contributed by atoms with Gasteiger partial charge in [-0.1, -0.05) is 12.1 Å². The summed E-state index contributed by atoms with van der Waals surface area (Å²) in [4.78, 5) is 3.94. The van der Waals surface area contributed by atoms with Gasteiger partial charge in [-0.3, -0.25) is 9.40 Å². The maximum Gasteiger partial charge on any atom is 0.232 e. The molecule has 0 saturated carbocycles. The number of aromatic amines is 1. The van der Waals surface area contributed by atoms with E-state index < -0.39 is 10.0 Å². The Bertz CT molecular complexity index is 622. The summed E-state index contributed by atoms with van der Waals surface area (Å²) in [6.07, 6.45) is 2.53. The molecule has 1 aromatic heterocycles. The van der Waals surface area contributed by atoms with Gasteiger partial charge in [0.05, 0.1) is 18.5 Å². The number of anilines is 1. The monoisotopic (exact) mass is 266 g/mol. The molecule has 0 spiro atoms. The zero-order valence-corrected chi connectivity index (χ0v) is 11.0. The van der Waals surface area contributed by atoms with Crippen LogP contribution in [0.5, 0.6) is 0 Å². The van der Waals surface area contributed by atoms with Crippen molar-refractivity contribution in [2.45, 2.75) is 13.5 Å². The molecule has 1 N–H and O–H groups in total. The van der Waals surface area contributed by atoms with Crippen molar-refractivity contribution < 1.29 is 8.42 Å². The van der Waals surface area contributed by atoms with E-state index in [1.807, 2.05) is 25.1 Å². The molecule has 18 heavy (non-hydrogen) atoms. The van der Waals surface area contributed by atoms with E-state index in [1.165, 1.54) is 16.9 Å². The number of H-pyrrole nitrogens is 1. The Morgan fingerprint density at radius 3 is 2.72 bits per heavy atom. The Balaban J connectivity index is 2.38. The lowest BCUT2D eigenvalue weighted by atomic mass is 10.2. The highest BCUT2D eigenvalue weighted by molar-refractivity contribution is 7.92. The van der Waals surface area contributed by atoms with Crippen molar-refractivity contribution in [3.05, 3.63) is 42.0 Å². The molecule has 1 heterocycles. The third-order valence-electron chi connectivity index (χ3n) is 2.45. The van der Waals surface area contributed by atoms with Gasteiger partial charge in [-0.25, -0.2) is 13.4 Å². The molecule has 0 radical (unpaired) electrons. The van der Waals surface area contributed by atoms with Gasteiger partial charge in [-0.2, -0.15) is 5.10 Å². The van der Waals surface area contributed by atoms with Gasteiger partial charge in [-0.05, 0) is 24.6 Å². The quantitative estimate of drug-likeness (QED) is 0.898. The van der Waals surface area contributed by atoms with Crippen LogP contribution in [0, 0.1) is 6.92 Å². The first-order chi connectivity index (χ1) is 8.47. The van der Waals surface area contributed by atoms with Gasteiger partial charge in [0.15, 0.2) is 0 Å². The molecule has 7 heteroatoms. The van der Waals surface area contributed by atoms with Crippen molar-refractivity contribution in [2.24, 2.45) is 0 Å². The van der Waals surface area contributed by atoms with Crippen molar-refractivity contribution in [2.75, 3.05) is 10.6 Å². The molecule has 0 fully saturated rings. The first-order valence-electron chi connectivity index (χ1n) is 5.35. The fourth-order valence-electron chi connectivity index (χ4n) is 1.63. The molecule has 2 aromatic rings. The molecule has 0 unspecified atom stereocenters. The van der Waals surface area contributed by atoms with Crippen LogP contribution in [0.4, 0.5) is 5.69 Å². The second-order valence-corrected chi connectivity index (χ2v) is 5.95. The number of hydrogen-bond donors (Lipinski definition) is 1. The van der Waals surface area contributed by atoms with Gasteiger partial charge >= 0.3 is 0 Å². The van der Waals surface area contributed by atoms with Crippen molar-refractivity contribution in [3.8, 4) is 0 Å². The highest BCUT2D eigenvalue weighted by Gasteiger charge is 2.18. The molecule has 2 rings (SSSR count). The Morgan fingerprint density at radius 2 is 2.17 bits per heavy atom. The number of rotatable bonds is 4. The van der Waals surface area contributed by atoms with Gasteiger partial charge in [0.2, 0.25) is 10.0 Å². The SMILES string of the molecule is Cc1cccc(N(Cc2ncn[nH]2)S(C)(=O)=O)c1. The lowest BCUT2D eigenvalue weighted by Crippen LogP contribution is -2.29. The summed E-state index contributed by atoms with van der Waals surface area (Å²) in [5.74, 6) is 0.502. The molecule has 0 amide bonds. The highest BCUT2D eigenvalue weighted by Crippen LogP contribution is 2.20. The predicted molar refractivity (Wildman–Crippen MR) is 68.6 cm³/mol. The van der Waals surface area contributed by atoms with Gasteiger partial charge in [0.1, 0.15) is 12.2 Å². The fourth-order valence-corrected chi connectivity index (χ4v) is 2.48.